The average molecular weight is 295 g/mol. The van der Waals surface area contributed by atoms with E-state index in [4.69, 9.17) is 9.47 Å². The highest BCUT2D eigenvalue weighted by atomic mass is 32.2. The second kappa shape index (κ2) is 7.79. The van der Waals surface area contributed by atoms with Gasteiger partial charge in [0.15, 0.2) is 11.5 Å². The summed E-state index contributed by atoms with van der Waals surface area (Å²) in [4.78, 5) is 0. The summed E-state index contributed by atoms with van der Waals surface area (Å²) < 4.78 is 11.4. The smallest absolute Gasteiger partial charge is 0.161 e. The molecule has 112 valence electrons. The first-order chi connectivity index (χ1) is 9.70. The summed E-state index contributed by atoms with van der Waals surface area (Å²) in [7, 11) is 0. The Morgan fingerprint density at radius 2 is 1.95 bits per heavy atom. The van der Waals surface area contributed by atoms with Crippen molar-refractivity contribution in [3.8, 4) is 11.5 Å². The largest absolute Gasteiger partial charge is 0.490 e. The summed E-state index contributed by atoms with van der Waals surface area (Å²) >= 11 is 1.90. The molecule has 0 fully saturated rings. The van der Waals surface area contributed by atoms with Gasteiger partial charge in [-0.05, 0) is 50.0 Å². The van der Waals surface area contributed by atoms with E-state index in [-0.39, 0.29) is 0 Å². The zero-order valence-electron chi connectivity index (χ0n) is 12.6. The van der Waals surface area contributed by atoms with Gasteiger partial charge in [0.2, 0.25) is 0 Å². The van der Waals surface area contributed by atoms with E-state index in [0.717, 1.165) is 31.1 Å². The fourth-order valence-electron chi connectivity index (χ4n) is 2.35. The van der Waals surface area contributed by atoms with E-state index in [1.165, 1.54) is 17.7 Å². The maximum Gasteiger partial charge on any atom is 0.161 e. The van der Waals surface area contributed by atoms with E-state index in [1.54, 1.807) is 0 Å². The number of hydrogen-bond acceptors (Lipinski definition) is 4. The predicted octanol–water partition coefficient (Wildman–Crippen LogP) is 3.64. The predicted molar refractivity (Wildman–Crippen MR) is 86.1 cm³/mol. The van der Waals surface area contributed by atoms with E-state index in [0.29, 0.717) is 12.1 Å². The van der Waals surface area contributed by atoms with Crippen LogP contribution >= 0.6 is 11.8 Å². The standard InChI is InChI=1S/C16H25NO2S/c1-12(7-10-20-3)17-13(2)14-5-6-15-16(11-14)19-9-4-8-18-15/h5-6,11-13,17H,4,7-10H2,1-3H3. The molecule has 0 radical (unpaired) electrons. The first kappa shape index (κ1) is 15.5. The minimum absolute atomic E-state index is 0.323. The molecule has 0 saturated carbocycles. The van der Waals surface area contributed by atoms with Gasteiger partial charge in [0.25, 0.3) is 0 Å². The van der Waals surface area contributed by atoms with E-state index in [2.05, 4.69) is 37.6 Å². The molecule has 3 nitrogen and oxygen atoms in total. The Labute approximate surface area is 126 Å². The van der Waals surface area contributed by atoms with Crippen molar-refractivity contribution in [2.45, 2.75) is 38.8 Å². The summed E-state index contributed by atoms with van der Waals surface area (Å²) in [6.45, 7) is 5.93. The summed E-state index contributed by atoms with van der Waals surface area (Å²) in [5, 5.41) is 3.64. The summed E-state index contributed by atoms with van der Waals surface area (Å²) in [5.41, 5.74) is 1.25. The SMILES string of the molecule is CSCCC(C)NC(C)c1ccc2c(c1)OCCCO2. The lowest BCUT2D eigenvalue weighted by molar-refractivity contribution is 0.297. The molecular weight excluding hydrogens is 270 g/mol. The van der Waals surface area contributed by atoms with Crippen LogP contribution in [0.3, 0.4) is 0 Å². The fourth-order valence-corrected chi connectivity index (χ4v) is 2.94. The number of hydrogen-bond donors (Lipinski definition) is 1. The van der Waals surface area contributed by atoms with Gasteiger partial charge in [0, 0.05) is 18.5 Å². The van der Waals surface area contributed by atoms with Crippen LogP contribution in [0.15, 0.2) is 18.2 Å². The number of thioether (sulfide) groups is 1. The van der Waals surface area contributed by atoms with Crippen molar-refractivity contribution < 1.29 is 9.47 Å². The molecule has 1 aliphatic rings. The molecule has 1 aromatic rings. The van der Waals surface area contributed by atoms with Gasteiger partial charge in [-0.15, -0.1) is 0 Å². The topological polar surface area (TPSA) is 30.5 Å². The van der Waals surface area contributed by atoms with Gasteiger partial charge in [-0.25, -0.2) is 0 Å². The number of nitrogens with one attached hydrogen (secondary N) is 1. The molecule has 2 atom stereocenters. The van der Waals surface area contributed by atoms with Crippen molar-refractivity contribution in [3.05, 3.63) is 23.8 Å². The Morgan fingerprint density at radius 3 is 2.70 bits per heavy atom. The van der Waals surface area contributed by atoms with Crippen LogP contribution in [0.25, 0.3) is 0 Å². The third-order valence-electron chi connectivity index (χ3n) is 3.56. The van der Waals surface area contributed by atoms with Crippen LogP contribution < -0.4 is 14.8 Å². The number of rotatable bonds is 6. The lowest BCUT2D eigenvalue weighted by atomic mass is 10.1. The molecule has 0 amide bonds. The lowest BCUT2D eigenvalue weighted by Gasteiger charge is -2.21. The molecule has 0 saturated heterocycles. The van der Waals surface area contributed by atoms with Crippen molar-refractivity contribution in [3.63, 3.8) is 0 Å². The molecule has 2 unspecified atom stereocenters. The Morgan fingerprint density at radius 1 is 1.20 bits per heavy atom. The van der Waals surface area contributed by atoms with Crippen LogP contribution in [0.2, 0.25) is 0 Å². The van der Waals surface area contributed by atoms with Gasteiger partial charge < -0.3 is 14.8 Å². The molecular formula is C16H25NO2S. The molecule has 0 aliphatic carbocycles. The number of ether oxygens (including phenoxy) is 2. The molecule has 1 heterocycles. The quantitative estimate of drug-likeness (QED) is 0.868. The second-order valence-corrected chi connectivity index (χ2v) is 6.31. The highest BCUT2D eigenvalue weighted by Crippen LogP contribution is 2.32. The molecule has 0 spiro atoms. The molecule has 4 heteroatoms. The van der Waals surface area contributed by atoms with E-state index < -0.39 is 0 Å². The average Bonchev–Trinajstić information content (AvgIpc) is 2.69. The van der Waals surface area contributed by atoms with E-state index in [9.17, 15) is 0 Å². The van der Waals surface area contributed by atoms with Crippen LogP contribution in [-0.2, 0) is 0 Å². The fraction of sp³-hybridized carbons (Fsp3) is 0.625. The van der Waals surface area contributed by atoms with Gasteiger partial charge in [0.1, 0.15) is 0 Å². The Hall–Kier alpha value is -0.870. The molecule has 2 rings (SSSR count). The highest BCUT2D eigenvalue weighted by molar-refractivity contribution is 7.98. The summed E-state index contributed by atoms with van der Waals surface area (Å²) in [6.07, 6.45) is 4.29. The Kier molecular flexibility index (Phi) is 6.05. The monoisotopic (exact) mass is 295 g/mol. The molecule has 0 bridgehead atoms. The van der Waals surface area contributed by atoms with Gasteiger partial charge in [-0.3, -0.25) is 0 Å². The minimum Gasteiger partial charge on any atom is -0.490 e. The maximum absolute atomic E-state index is 5.75. The van der Waals surface area contributed by atoms with Crippen molar-refractivity contribution in [2.24, 2.45) is 0 Å². The molecule has 1 N–H and O–H groups in total. The van der Waals surface area contributed by atoms with Gasteiger partial charge >= 0.3 is 0 Å². The number of fused-ring (bicyclic) bond motifs is 1. The molecule has 0 aromatic heterocycles. The highest BCUT2D eigenvalue weighted by Gasteiger charge is 2.14. The second-order valence-electron chi connectivity index (χ2n) is 5.33. The zero-order chi connectivity index (χ0) is 14.4. The maximum atomic E-state index is 5.75. The zero-order valence-corrected chi connectivity index (χ0v) is 13.5. The Bertz CT molecular complexity index is 425. The van der Waals surface area contributed by atoms with Crippen LogP contribution in [0, 0.1) is 0 Å². The summed E-state index contributed by atoms with van der Waals surface area (Å²) in [5.74, 6) is 2.95. The van der Waals surface area contributed by atoms with Crippen LogP contribution in [-0.4, -0.2) is 31.3 Å². The van der Waals surface area contributed by atoms with Crippen LogP contribution in [0.1, 0.15) is 38.3 Å². The third-order valence-corrected chi connectivity index (χ3v) is 4.21. The van der Waals surface area contributed by atoms with Gasteiger partial charge in [-0.1, -0.05) is 6.07 Å². The summed E-state index contributed by atoms with van der Waals surface area (Å²) in [6, 6.07) is 7.12. The first-order valence-electron chi connectivity index (χ1n) is 7.35. The van der Waals surface area contributed by atoms with Crippen LogP contribution in [0.5, 0.6) is 11.5 Å². The lowest BCUT2D eigenvalue weighted by Crippen LogP contribution is -2.29. The molecule has 1 aliphatic heterocycles. The number of benzene rings is 1. The van der Waals surface area contributed by atoms with Crippen molar-refractivity contribution >= 4 is 11.8 Å². The first-order valence-corrected chi connectivity index (χ1v) is 8.74. The third kappa shape index (κ3) is 4.32. The van der Waals surface area contributed by atoms with Crippen molar-refractivity contribution in [1.29, 1.82) is 0 Å². The van der Waals surface area contributed by atoms with E-state index >= 15 is 0 Å². The van der Waals surface area contributed by atoms with Gasteiger partial charge in [0.05, 0.1) is 13.2 Å². The molecule has 1 aromatic carbocycles. The minimum atomic E-state index is 0.323. The normalized spacial score (nSPS) is 17.4. The van der Waals surface area contributed by atoms with Crippen LogP contribution in [0.4, 0.5) is 0 Å². The van der Waals surface area contributed by atoms with Crippen molar-refractivity contribution in [1.82, 2.24) is 5.32 Å². The Balaban J connectivity index is 1.99. The van der Waals surface area contributed by atoms with Crippen molar-refractivity contribution in [2.75, 3.05) is 25.2 Å². The van der Waals surface area contributed by atoms with Gasteiger partial charge in [-0.2, -0.15) is 11.8 Å². The van der Waals surface area contributed by atoms with E-state index in [1.807, 2.05) is 17.8 Å². The molecule has 20 heavy (non-hydrogen) atoms.